The molecule has 3 aromatic rings. The molecule has 0 aliphatic heterocycles. The average molecular weight is 242 g/mol. The average Bonchev–Trinajstić information content (AvgIpc) is 2.85. The van der Waals surface area contributed by atoms with Crippen molar-refractivity contribution in [3.8, 4) is 0 Å². The number of imidazole rings is 1. The van der Waals surface area contributed by atoms with Crippen LogP contribution in [0.2, 0.25) is 0 Å². The highest BCUT2D eigenvalue weighted by molar-refractivity contribution is 5.81. The molecule has 92 valence electrons. The summed E-state index contributed by atoms with van der Waals surface area (Å²) in [5, 5.41) is 3.99. The molecule has 2 aromatic heterocycles. The zero-order valence-electron chi connectivity index (χ0n) is 10.3. The highest BCUT2D eigenvalue weighted by atomic mass is 16.5. The Morgan fingerprint density at radius 1 is 1.33 bits per heavy atom. The maximum atomic E-state index is 5.97. The Kier molecular flexibility index (Phi) is 2.33. The lowest BCUT2D eigenvalue weighted by atomic mass is 10.2. The van der Waals surface area contributed by atoms with Gasteiger partial charge >= 0.3 is 0 Å². The molecule has 0 spiro atoms. The van der Waals surface area contributed by atoms with Gasteiger partial charge in [0.05, 0.1) is 17.6 Å². The molecule has 0 atom stereocenters. The number of fused-ring (bicyclic) bond motifs is 1. The van der Waals surface area contributed by atoms with Gasteiger partial charge in [-0.15, -0.1) is 0 Å². The van der Waals surface area contributed by atoms with Gasteiger partial charge in [-0.3, -0.25) is 0 Å². The Morgan fingerprint density at radius 2 is 2.17 bits per heavy atom. The quantitative estimate of drug-likeness (QED) is 0.748. The van der Waals surface area contributed by atoms with Crippen LogP contribution in [0.15, 0.2) is 28.8 Å². The van der Waals surface area contributed by atoms with Crippen molar-refractivity contribution in [3.63, 3.8) is 0 Å². The molecule has 18 heavy (non-hydrogen) atoms. The summed E-state index contributed by atoms with van der Waals surface area (Å²) in [4.78, 5) is 4.36. The Bertz CT molecular complexity index is 711. The van der Waals surface area contributed by atoms with Crippen LogP contribution in [0.5, 0.6) is 0 Å². The van der Waals surface area contributed by atoms with E-state index in [-0.39, 0.29) is 0 Å². The van der Waals surface area contributed by atoms with Gasteiger partial charge in [0.25, 0.3) is 0 Å². The largest absolute Gasteiger partial charge is 0.369 e. The normalized spacial score (nSPS) is 11.2. The lowest BCUT2D eigenvalue weighted by Crippen LogP contribution is -2.05. The topological polar surface area (TPSA) is 69.9 Å². The molecular formula is C13H14N4O. The van der Waals surface area contributed by atoms with E-state index in [0.29, 0.717) is 12.5 Å². The highest BCUT2D eigenvalue weighted by Gasteiger charge is 2.12. The van der Waals surface area contributed by atoms with Crippen molar-refractivity contribution >= 4 is 17.0 Å². The molecule has 2 N–H and O–H groups in total. The van der Waals surface area contributed by atoms with Crippen molar-refractivity contribution in [3.05, 3.63) is 41.3 Å². The molecule has 2 heterocycles. The molecular weight excluding hydrogens is 228 g/mol. The molecule has 1 aromatic carbocycles. The number of nitrogens with two attached hydrogens (primary N) is 1. The van der Waals surface area contributed by atoms with Crippen molar-refractivity contribution in [1.29, 1.82) is 0 Å². The fourth-order valence-corrected chi connectivity index (χ4v) is 2.20. The summed E-state index contributed by atoms with van der Waals surface area (Å²) in [6, 6.07) is 7.90. The van der Waals surface area contributed by atoms with E-state index in [9.17, 15) is 0 Å². The molecule has 0 fully saturated rings. The molecule has 0 amide bonds. The molecule has 5 heteroatoms. The molecule has 0 saturated carbocycles. The first-order valence-electron chi connectivity index (χ1n) is 5.78. The standard InChI is InChI=1S/C13H14N4O/c1-8-4-3-5-11-12(8)17(13(14)15-11)7-10-6-9(2)18-16-10/h3-6H,7H2,1-2H3,(H2,14,15). The minimum Gasteiger partial charge on any atom is -0.369 e. The summed E-state index contributed by atoms with van der Waals surface area (Å²) in [5.74, 6) is 1.30. The Labute approximate surface area is 104 Å². The summed E-state index contributed by atoms with van der Waals surface area (Å²) in [6.07, 6.45) is 0. The van der Waals surface area contributed by atoms with Crippen molar-refractivity contribution in [1.82, 2.24) is 14.7 Å². The summed E-state index contributed by atoms with van der Waals surface area (Å²) in [7, 11) is 0. The Morgan fingerprint density at radius 3 is 2.89 bits per heavy atom. The van der Waals surface area contributed by atoms with Crippen LogP contribution in [0.25, 0.3) is 11.0 Å². The number of benzene rings is 1. The number of nitrogen functional groups attached to an aromatic ring is 1. The number of para-hydroxylation sites is 1. The second-order valence-corrected chi connectivity index (χ2v) is 4.43. The zero-order chi connectivity index (χ0) is 12.7. The lowest BCUT2D eigenvalue weighted by Gasteiger charge is -2.05. The summed E-state index contributed by atoms with van der Waals surface area (Å²) in [6.45, 7) is 4.50. The first kappa shape index (κ1) is 10.8. The number of nitrogens with zero attached hydrogens (tertiary/aromatic N) is 3. The number of hydrogen-bond acceptors (Lipinski definition) is 4. The molecule has 3 rings (SSSR count). The van der Waals surface area contributed by atoms with Crippen LogP contribution in [0.3, 0.4) is 0 Å². The van der Waals surface area contributed by atoms with E-state index in [0.717, 1.165) is 28.1 Å². The lowest BCUT2D eigenvalue weighted by molar-refractivity contribution is 0.389. The third kappa shape index (κ3) is 1.64. The van der Waals surface area contributed by atoms with Crippen molar-refractivity contribution in [2.75, 3.05) is 5.73 Å². The number of hydrogen-bond donors (Lipinski definition) is 1. The molecule has 0 aliphatic carbocycles. The van der Waals surface area contributed by atoms with E-state index in [1.165, 1.54) is 0 Å². The smallest absolute Gasteiger partial charge is 0.201 e. The molecule has 0 bridgehead atoms. The number of aryl methyl sites for hydroxylation is 2. The van der Waals surface area contributed by atoms with E-state index in [1.54, 1.807) is 0 Å². The molecule has 0 aliphatic rings. The van der Waals surface area contributed by atoms with Crippen LogP contribution in [0.4, 0.5) is 5.95 Å². The maximum Gasteiger partial charge on any atom is 0.201 e. The van der Waals surface area contributed by atoms with E-state index >= 15 is 0 Å². The number of aromatic nitrogens is 3. The Balaban J connectivity index is 2.13. The Hall–Kier alpha value is -2.30. The molecule has 0 unspecified atom stereocenters. The predicted octanol–water partition coefficient (Wildman–Crippen LogP) is 2.27. The fourth-order valence-electron chi connectivity index (χ4n) is 2.20. The zero-order valence-corrected chi connectivity index (χ0v) is 10.3. The molecule has 0 saturated heterocycles. The SMILES string of the molecule is Cc1cc(Cn2c(N)nc3cccc(C)c32)no1. The van der Waals surface area contributed by atoms with Crippen LogP contribution in [0.1, 0.15) is 17.0 Å². The second kappa shape index (κ2) is 3.87. The van der Waals surface area contributed by atoms with Crippen LogP contribution in [0, 0.1) is 13.8 Å². The highest BCUT2D eigenvalue weighted by Crippen LogP contribution is 2.22. The van der Waals surface area contributed by atoms with E-state index in [4.69, 9.17) is 10.3 Å². The monoisotopic (exact) mass is 242 g/mol. The minimum absolute atomic E-state index is 0.500. The van der Waals surface area contributed by atoms with Gasteiger partial charge in [-0.05, 0) is 25.5 Å². The van der Waals surface area contributed by atoms with E-state index in [2.05, 4.69) is 10.1 Å². The van der Waals surface area contributed by atoms with E-state index in [1.807, 2.05) is 42.7 Å². The van der Waals surface area contributed by atoms with Crippen LogP contribution < -0.4 is 5.73 Å². The van der Waals surface area contributed by atoms with Crippen molar-refractivity contribution < 1.29 is 4.52 Å². The molecule has 0 radical (unpaired) electrons. The van der Waals surface area contributed by atoms with Gasteiger partial charge in [0.2, 0.25) is 5.95 Å². The summed E-state index contributed by atoms with van der Waals surface area (Å²) < 4.78 is 7.03. The van der Waals surface area contributed by atoms with Gasteiger partial charge in [0, 0.05) is 6.07 Å². The van der Waals surface area contributed by atoms with Gasteiger partial charge < -0.3 is 14.8 Å². The summed E-state index contributed by atoms with van der Waals surface area (Å²) in [5.41, 5.74) is 9.93. The third-order valence-electron chi connectivity index (χ3n) is 2.99. The van der Waals surface area contributed by atoms with E-state index < -0.39 is 0 Å². The fraction of sp³-hybridized carbons (Fsp3) is 0.231. The van der Waals surface area contributed by atoms with Crippen LogP contribution in [-0.2, 0) is 6.54 Å². The molecule has 5 nitrogen and oxygen atoms in total. The third-order valence-corrected chi connectivity index (χ3v) is 2.99. The van der Waals surface area contributed by atoms with Crippen molar-refractivity contribution in [2.24, 2.45) is 0 Å². The van der Waals surface area contributed by atoms with Gasteiger partial charge in [-0.2, -0.15) is 0 Å². The first-order valence-corrected chi connectivity index (χ1v) is 5.78. The van der Waals surface area contributed by atoms with Crippen LogP contribution in [-0.4, -0.2) is 14.7 Å². The maximum absolute atomic E-state index is 5.97. The van der Waals surface area contributed by atoms with Gasteiger partial charge in [-0.1, -0.05) is 17.3 Å². The van der Waals surface area contributed by atoms with Gasteiger partial charge in [-0.25, -0.2) is 4.98 Å². The van der Waals surface area contributed by atoms with Gasteiger partial charge in [0.15, 0.2) is 0 Å². The second-order valence-electron chi connectivity index (χ2n) is 4.43. The number of anilines is 1. The van der Waals surface area contributed by atoms with Gasteiger partial charge in [0.1, 0.15) is 11.5 Å². The first-order chi connectivity index (χ1) is 8.65. The minimum atomic E-state index is 0.500. The van der Waals surface area contributed by atoms with Crippen molar-refractivity contribution in [2.45, 2.75) is 20.4 Å². The summed E-state index contributed by atoms with van der Waals surface area (Å²) >= 11 is 0. The number of rotatable bonds is 2. The van der Waals surface area contributed by atoms with Crippen LogP contribution >= 0.6 is 0 Å². The predicted molar refractivity (Wildman–Crippen MR) is 69.2 cm³/mol.